The van der Waals surface area contributed by atoms with Gasteiger partial charge >= 0.3 is 0 Å². The predicted octanol–water partition coefficient (Wildman–Crippen LogP) is 1.24. The molecular formula is C11H18F2N2O. The van der Waals surface area contributed by atoms with Crippen LogP contribution in [0.3, 0.4) is 0 Å². The second-order valence-electron chi connectivity index (χ2n) is 4.76. The number of halogens is 2. The van der Waals surface area contributed by atoms with Crippen molar-refractivity contribution in [3.63, 3.8) is 0 Å². The third-order valence-electron chi connectivity index (χ3n) is 3.35. The number of hydrogen-bond donors (Lipinski definition) is 1. The zero-order valence-electron chi connectivity index (χ0n) is 9.35. The van der Waals surface area contributed by atoms with E-state index < -0.39 is 5.92 Å². The van der Waals surface area contributed by atoms with Gasteiger partial charge in [0.25, 0.3) is 5.92 Å². The highest BCUT2D eigenvalue weighted by Crippen LogP contribution is 2.28. The van der Waals surface area contributed by atoms with E-state index in [-0.39, 0.29) is 24.8 Å². The first kappa shape index (κ1) is 11.8. The Kier molecular flexibility index (Phi) is 3.42. The Bertz CT molecular complexity index is 265. The van der Waals surface area contributed by atoms with E-state index in [1.807, 2.05) is 0 Å². The van der Waals surface area contributed by atoms with E-state index in [4.69, 9.17) is 0 Å². The Morgan fingerprint density at radius 3 is 2.81 bits per heavy atom. The summed E-state index contributed by atoms with van der Waals surface area (Å²) in [6, 6.07) is 0. The summed E-state index contributed by atoms with van der Waals surface area (Å²) in [7, 11) is 0. The van der Waals surface area contributed by atoms with Crippen molar-refractivity contribution in [2.24, 2.45) is 5.92 Å². The first-order valence-corrected chi connectivity index (χ1v) is 5.96. The van der Waals surface area contributed by atoms with Crippen LogP contribution in [0.15, 0.2) is 0 Å². The lowest BCUT2D eigenvalue weighted by atomic mass is 9.96. The molecule has 3 nitrogen and oxygen atoms in total. The summed E-state index contributed by atoms with van der Waals surface area (Å²) in [5.41, 5.74) is 0. The molecule has 2 fully saturated rings. The number of alkyl halides is 2. The summed E-state index contributed by atoms with van der Waals surface area (Å²) in [5, 5.41) is 3.14. The van der Waals surface area contributed by atoms with Gasteiger partial charge in [-0.3, -0.25) is 4.79 Å². The van der Waals surface area contributed by atoms with Gasteiger partial charge in [-0.2, -0.15) is 0 Å². The number of likely N-dealkylation sites (tertiary alicyclic amines) is 1. The van der Waals surface area contributed by atoms with Gasteiger partial charge in [0.15, 0.2) is 0 Å². The van der Waals surface area contributed by atoms with Crippen LogP contribution in [0.25, 0.3) is 0 Å². The molecule has 2 saturated heterocycles. The molecule has 0 radical (unpaired) electrons. The highest BCUT2D eigenvalue weighted by molar-refractivity contribution is 5.79. The van der Waals surface area contributed by atoms with Crippen LogP contribution >= 0.6 is 0 Å². The average molecular weight is 232 g/mol. The maximum absolute atomic E-state index is 13.2. The fourth-order valence-electron chi connectivity index (χ4n) is 2.47. The van der Waals surface area contributed by atoms with Crippen LogP contribution in [0.5, 0.6) is 0 Å². The Morgan fingerprint density at radius 2 is 2.19 bits per heavy atom. The summed E-state index contributed by atoms with van der Waals surface area (Å²) < 4.78 is 26.3. The molecule has 92 valence electrons. The molecule has 0 saturated carbocycles. The van der Waals surface area contributed by atoms with Crippen LogP contribution < -0.4 is 5.32 Å². The molecule has 0 spiro atoms. The van der Waals surface area contributed by atoms with Gasteiger partial charge in [-0.25, -0.2) is 8.78 Å². The predicted molar refractivity (Wildman–Crippen MR) is 56.4 cm³/mol. The Hall–Kier alpha value is -0.710. The van der Waals surface area contributed by atoms with Crippen LogP contribution in [0.2, 0.25) is 0 Å². The molecule has 1 atom stereocenters. The molecule has 0 aromatic carbocycles. The van der Waals surface area contributed by atoms with E-state index in [9.17, 15) is 13.6 Å². The van der Waals surface area contributed by atoms with Crippen LogP contribution in [0.1, 0.15) is 25.7 Å². The number of carbonyl (C=O) groups is 1. The minimum atomic E-state index is -2.68. The molecule has 0 bridgehead atoms. The molecule has 16 heavy (non-hydrogen) atoms. The third-order valence-corrected chi connectivity index (χ3v) is 3.35. The van der Waals surface area contributed by atoms with E-state index in [1.54, 1.807) is 0 Å². The van der Waals surface area contributed by atoms with Crippen molar-refractivity contribution in [3.8, 4) is 0 Å². The fraction of sp³-hybridized carbons (Fsp3) is 0.909. The summed E-state index contributed by atoms with van der Waals surface area (Å²) >= 11 is 0. The minimum Gasteiger partial charge on any atom is -0.336 e. The second kappa shape index (κ2) is 4.65. The molecule has 1 N–H and O–H groups in total. The monoisotopic (exact) mass is 232 g/mol. The maximum Gasteiger partial charge on any atom is 0.265 e. The molecule has 2 rings (SSSR count). The van der Waals surface area contributed by atoms with Crippen molar-refractivity contribution in [1.82, 2.24) is 10.2 Å². The zero-order chi connectivity index (χ0) is 11.6. The lowest BCUT2D eigenvalue weighted by Gasteiger charge is -2.35. The number of amides is 1. The van der Waals surface area contributed by atoms with Crippen molar-refractivity contribution < 1.29 is 13.6 Å². The molecule has 1 amide bonds. The van der Waals surface area contributed by atoms with Gasteiger partial charge < -0.3 is 10.2 Å². The van der Waals surface area contributed by atoms with Gasteiger partial charge in [0.1, 0.15) is 0 Å². The molecule has 2 aliphatic rings. The van der Waals surface area contributed by atoms with Crippen molar-refractivity contribution in [2.45, 2.75) is 31.6 Å². The highest BCUT2D eigenvalue weighted by atomic mass is 19.3. The molecule has 0 aromatic rings. The number of nitrogens with one attached hydrogen (secondary N) is 1. The molecule has 0 aromatic heterocycles. The standard InChI is InChI=1S/C11H18F2N2O/c12-11(13)4-2-6-15(8-11)10(16)9-3-1-5-14-7-9/h9,14H,1-8H2. The summed E-state index contributed by atoms with van der Waals surface area (Å²) in [4.78, 5) is 13.3. The van der Waals surface area contributed by atoms with Crippen LogP contribution in [-0.2, 0) is 4.79 Å². The van der Waals surface area contributed by atoms with Crippen molar-refractivity contribution in [2.75, 3.05) is 26.2 Å². The smallest absolute Gasteiger partial charge is 0.265 e. The number of rotatable bonds is 1. The lowest BCUT2D eigenvalue weighted by molar-refractivity contribution is -0.146. The normalized spacial score (nSPS) is 30.1. The highest BCUT2D eigenvalue weighted by Gasteiger charge is 2.38. The molecule has 5 heteroatoms. The summed E-state index contributed by atoms with van der Waals surface area (Å²) in [6.07, 6.45) is 2.12. The van der Waals surface area contributed by atoms with Crippen molar-refractivity contribution >= 4 is 5.91 Å². The van der Waals surface area contributed by atoms with Crippen LogP contribution in [0.4, 0.5) is 8.78 Å². The van der Waals surface area contributed by atoms with Crippen molar-refractivity contribution in [1.29, 1.82) is 0 Å². The lowest BCUT2D eigenvalue weighted by Crippen LogP contribution is -2.50. The Labute approximate surface area is 94.2 Å². The minimum absolute atomic E-state index is 0.0836. The SMILES string of the molecule is O=C(C1CCCNC1)N1CCCC(F)(F)C1. The molecular weight excluding hydrogens is 214 g/mol. The fourth-order valence-corrected chi connectivity index (χ4v) is 2.47. The summed E-state index contributed by atoms with van der Waals surface area (Å²) in [5.74, 6) is -2.87. The van der Waals surface area contributed by atoms with Crippen LogP contribution in [0, 0.1) is 5.92 Å². The van der Waals surface area contributed by atoms with Gasteiger partial charge in [0, 0.05) is 19.5 Å². The number of piperidine rings is 2. The average Bonchev–Trinajstić information content (AvgIpc) is 2.28. The number of nitrogens with zero attached hydrogens (tertiary/aromatic N) is 1. The van der Waals surface area contributed by atoms with Crippen LogP contribution in [-0.4, -0.2) is 42.9 Å². The molecule has 0 aliphatic carbocycles. The van der Waals surface area contributed by atoms with Crippen molar-refractivity contribution in [3.05, 3.63) is 0 Å². The Balaban J connectivity index is 1.93. The zero-order valence-corrected chi connectivity index (χ0v) is 9.35. The number of carbonyl (C=O) groups excluding carboxylic acids is 1. The van der Waals surface area contributed by atoms with E-state index in [0.717, 1.165) is 19.4 Å². The van der Waals surface area contributed by atoms with E-state index >= 15 is 0 Å². The molecule has 2 heterocycles. The van der Waals surface area contributed by atoms with Gasteiger partial charge in [-0.1, -0.05) is 0 Å². The second-order valence-corrected chi connectivity index (χ2v) is 4.76. The number of hydrogen-bond acceptors (Lipinski definition) is 2. The Morgan fingerprint density at radius 1 is 1.38 bits per heavy atom. The first-order valence-electron chi connectivity index (χ1n) is 5.96. The van der Waals surface area contributed by atoms with Gasteiger partial charge in [0.2, 0.25) is 5.91 Å². The van der Waals surface area contributed by atoms with Gasteiger partial charge in [-0.05, 0) is 25.8 Å². The topological polar surface area (TPSA) is 32.3 Å². The first-order chi connectivity index (χ1) is 7.58. The van der Waals surface area contributed by atoms with E-state index in [0.29, 0.717) is 19.5 Å². The van der Waals surface area contributed by atoms with Gasteiger partial charge in [-0.15, -0.1) is 0 Å². The largest absolute Gasteiger partial charge is 0.336 e. The van der Waals surface area contributed by atoms with E-state index in [1.165, 1.54) is 4.90 Å². The maximum atomic E-state index is 13.2. The summed E-state index contributed by atoms with van der Waals surface area (Å²) in [6.45, 7) is 1.67. The van der Waals surface area contributed by atoms with Gasteiger partial charge in [0.05, 0.1) is 12.5 Å². The quantitative estimate of drug-likeness (QED) is 0.738. The third kappa shape index (κ3) is 2.70. The molecule has 2 aliphatic heterocycles. The van der Waals surface area contributed by atoms with E-state index in [2.05, 4.69) is 5.32 Å². The molecule has 1 unspecified atom stereocenters.